The number of nitrogens with zero attached hydrogens (tertiary/aromatic N) is 3. The molecule has 0 saturated carbocycles. The Bertz CT molecular complexity index is 729. The highest BCUT2D eigenvalue weighted by Gasteiger charge is 2.13. The zero-order chi connectivity index (χ0) is 13.4. The van der Waals surface area contributed by atoms with Gasteiger partial charge in [0.1, 0.15) is 11.1 Å². The third-order valence-electron chi connectivity index (χ3n) is 2.95. The molecule has 3 rings (SSSR count). The van der Waals surface area contributed by atoms with Crippen LogP contribution in [0.1, 0.15) is 11.1 Å². The summed E-state index contributed by atoms with van der Waals surface area (Å²) >= 11 is 0. The number of hydrogen-bond acceptors (Lipinski definition) is 5. The van der Waals surface area contributed by atoms with Crippen molar-refractivity contribution in [3.05, 3.63) is 35.7 Å². The number of methoxy groups -OCH3 is 1. The van der Waals surface area contributed by atoms with Gasteiger partial charge in [-0.15, -0.1) is 0 Å². The molecule has 0 saturated heterocycles. The molecule has 6 nitrogen and oxygen atoms in total. The van der Waals surface area contributed by atoms with E-state index in [2.05, 4.69) is 10.3 Å². The van der Waals surface area contributed by atoms with E-state index < -0.39 is 0 Å². The van der Waals surface area contributed by atoms with Crippen LogP contribution in [0.25, 0.3) is 11.0 Å². The van der Waals surface area contributed by atoms with E-state index in [0.717, 1.165) is 11.1 Å². The van der Waals surface area contributed by atoms with Gasteiger partial charge in [0.15, 0.2) is 11.4 Å². The second kappa shape index (κ2) is 4.31. The number of fused-ring (bicyclic) bond motifs is 1. The molecule has 0 amide bonds. The molecule has 2 heterocycles. The topological polar surface area (TPSA) is 79.1 Å². The molecular formula is C13H14N4O2. The van der Waals surface area contributed by atoms with Crippen molar-refractivity contribution in [3.8, 4) is 5.75 Å². The van der Waals surface area contributed by atoms with E-state index in [-0.39, 0.29) is 0 Å². The van der Waals surface area contributed by atoms with Crippen molar-refractivity contribution in [2.45, 2.75) is 13.5 Å². The Morgan fingerprint density at radius 3 is 2.95 bits per heavy atom. The summed E-state index contributed by atoms with van der Waals surface area (Å²) in [7, 11) is 1.60. The van der Waals surface area contributed by atoms with Gasteiger partial charge in [-0.2, -0.15) is 5.10 Å². The first kappa shape index (κ1) is 11.6. The van der Waals surface area contributed by atoms with Gasteiger partial charge < -0.3 is 15.0 Å². The van der Waals surface area contributed by atoms with E-state index in [0.29, 0.717) is 29.1 Å². The molecule has 0 fully saturated rings. The van der Waals surface area contributed by atoms with Crippen LogP contribution in [0.4, 0.5) is 5.82 Å². The molecule has 19 heavy (non-hydrogen) atoms. The van der Waals surface area contributed by atoms with E-state index >= 15 is 0 Å². The van der Waals surface area contributed by atoms with Gasteiger partial charge in [-0.1, -0.05) is 5.16 Å². The van der Waals surface area contributed by atoms with Gasteiger partial charge in [-0.3, -0.25) is 4.68 Å². The number of rotatable bonds is 3. The molecule has 0 aliphatic heterocycles. The van der Waals surface area contributed by atoms with Crippen molar-refractivity contribution in [2.24, 2.45) is 0 Å². The first-order valence-corrected chi connectivity index (χ1v) is 5.88. The maximum Gasteiger partial charge on any atom is 0.178 e. The third-order valence-corrected chi connectivity index (χ3v) is 2.95. The molecule has 0 radical (unpaired) electrons. The second-order valence-electron chi connectivity index (χ2n) is 4.45. The Hall–Kier alpha value is -2.50. The van der Waals surface area contributed by atoms with Gasteiger partial charge in [0.25, 0.3) is 0 Å². The lowest BCUT2D eigenvalue weighted by atomic mass is 10.1. The van der Waals surface area contributed by atoms with Crippen molar-refractivity contribution in [1.82, 2.24) is 14.9 Å². The number of nitrogens with two attached hydrogens (primary N) is 1. The second-order valence-corrected chi connectivity index (χ2v) is 4.45. The average molecular weight is 258 g/mol. The molecule has 0 spiro atoms. The summed E-state index contributed by atoms with van der Waals surface area (Å²) in [6.45, 7) is 2.64. The van der Waals surface area contributed by atoms with Crippen LogP contribution in [0.5, 0.6) is 5.75 Å². The standard InChI is InChI=1S/C13H14N4O2/c1-8-5-15-17(6-8)7-9-3-10(18-2)12-11(4-9)19-16-13(12)14/h3-6H,7H2,1-2H3,(H2,14,16). The molecule has 1 aromatic carbocycles. The van der Waals surface area contributed by atoms with E-state index in [1.165, 1.54) is 0 Å². The molecule has 6 heteroatoms. The number of aromatic nitrogens is 3. The summed E-state index contributed by atoms with van der Waals surface area (Å²) in [5, 5.41) is 8.72. The van der Waals surface area contributed by atoms with Gasteiger partial charge in [0.2, 0.25) is 0 Å². The largest absolute Gasteiger partial charge is 0.496 e. The first-order chi connectivity index (χ1) is 9.17. The number of nitrogen functional groups attached to an aromatic ring is 1. The summed E-state index contributed by atoms with van der Waals surface area (Å²) in [5.41, 5.74) is 8.52. The molecule has 0 atom stereocenters. The monoisotopic (exact) mass is 258 g/mol. The number of ether oxygens (including phenoxy) is 1. The fraction of sp³-hybridized carbons (Fsp3) is 0.231. The highest BCUT2D eigenvalue weighted by atomic mass is 16.5. The Labute approximate surface area is 109 Å². The molecule has 2 N–H and O–H groups in total. The SMILES string of the molecule is COc1cc(Cn2cc(C)cn2)cc2onc(N)c12. The van der Waals surface area contributed by atoms with Gasteiger partial charge in [0, 0.05) is 6.20 Å². The van der Waals surface area contributed by atoms with Crippen molar-refractivity contribution >= 4 is 16.8 Å². The summed E-state index contributed by atoms with van der Waals surface area (Å²) in [4.78, 5) is 0. The summed E-state index contributed by atoms with van der Waals surface area (Å²) < 4.78 is 12.4. The van der Waals surface area contributed by atoms with Crippen LogP contribution in [0.3, 0.4) is 0 Å². The average Bonchev–Trinajstić information content (AvgIpc) is 2.96. The van der Waals surface area contributed by atoms with Gasteiger partial charge in [-0.25, -0.2) is 0 Å². The van der Waals surface area contributed by atoms with E-state index in [1.807, 2.05) is 36.1 Å². The van der Waals surface area contributed by atoms with Gasteiger partial charge in [0.05, 0.1) is 19.9 Å². The van der Waals surface area contributed by atoms with Crippen LogP contribution in [0, 0.1) is 6.92 Å². The van der Waals surface area contributed by atoms with Crippen LogP contribution in [-0.2, 0) is 6.54 Å². The molecule has 0 bridgehead atoms. The van der Waals surface area contributed by atoms with Gasteiger partial charge in [-0.05, 0) is 30.2 Å². The molecule has 98 valence electrons. The number of benzene rings is 1. The zero-order valence-corrected chi connectivity index (χ0v) is 10.8. The lowest BCUT2D eigenvalue weighted by molar-refractivity contribution is 0.418. The highest BCUT2D eigenvalue weighted by molar-refractivity contribution is 5.93. The van der Waals surface area contributed by atoms with Crippen LogP contribution < -0.4 is 10.5 Å². The Balaban J connectivity index is 2.04. The van der Waals surface area contributed by atoms with Crippen LogP contribution >= 0.6 is 0 Å². The minimum atomic E-state index is 0.341. The van der Waals surface area contributed by atoms with E-state index in [9.17, 15) is 0 Å². The molecule has 0 unspecified atom stereocenters. The number of anilines is 1. The molecule has 0 aliphatic carbocycles. The maximum absolute atomic E-state index is 5.76. The highest BCUT2D eigenvalue weighted by Crippen LogP contribution is 2.32. The summed E-state index contributed by atoms with van der Waals surface area (Å²) in [6, 6.07) is 3.82. The van der Waals surface area contributed by atoms with Crippen LogP contribution in [0.15, 0.2) is 29.0 Å². The molecular weight excluding hydrogens is 244 g/mol. The number of aryl methyl sites for hydroxylation is 1. The fourth-order valence-electron chi connectivity index (χ4n) is 2.11. The lowest BCUT2D eigenvalue weighted by Gasteiger charge is -2.06. The van der Waals surface area contributed by atoms with E-state index in [1.54, 1.807) is 7.11 Å². The number of hydrogen-bond donors (Lipinski definition) is 1. The first-order valence-electron chi connectivity index (χ1n) is 5.88. The lowest BCUT2D eigenvalue weighted by Crippen LogP contribution is -2.00. The van der Waals surface area contributed by atoms with Crippen LogP contribution in [-0.4, -0.2) is 22.0 Å². The quantitative estimate of drug-likeness (QED) is 0.777. The van der Waals surface area contributed by atoms with Crippen molar-refractivity contribution in [1.29, 1.82) is 0 Å². The molecule has 0 aliphatic rings. The minimum Gasteiger partial charge on any atom is -0.496 e. The zero-order valence-electron chi connectivity index (χ0n) is 10.8. The fourth-order valence-corrected chi connectivity index (χ4v) is 2.11. The normalized spacial score (nSPS) is 11.1. The van der Waals surface area contributed by atoms with Gasteiger partial charge >= 0.3 is 0 Å². The Kier molecular flexibility index (Phi) is 2.63. The van der Waals surface area contributed by atoms with Crippen molar-refractivity contribution in [3.63, 3.8) is 0 Å². The third kappa shape index (κ3) is 2.01. The van der Waals surface area contributed by atoms with E-state index in [4.69, 9.17) is 15.0 Å². The predicted molar refractivity (Wildman–Crippen MR) is 71.0 cm³/mol. The molecule has 3 aromatic rings. The Morgan fingerprint density at radius 2 is 2.26 bits per heavy atom. The van der Waals surface area contributed by atoms with Crippen molar-refractivity contribution < 1.29 is 9.26 Å². The predicted octanol–water partition coefficient (Wildman–Crippen LogP) is 1.97. The Morgan fingerprint density at radius 1 is 1.42 bits per heavy atom. The maximum atomic E-state index is 5.76. The smallest absolute Gasteiger partial charge is 0.178 e. The molecule has 2 aromatic heterocycles. The summed E-state index contributed by atoms with van der Waals surface area (Å²) in [6.07, 6.45) is 3.80. The van der Waals surface area contributed by atoms with Crippen LogP contribution in [0.2, 0.25) is 0 Å². The minimum absolute atomic E-state index is 0.341. The van der Waals surface area contributed by atoms with Crippen molar-refractivity contribution in [2.75, 3.05) is 12.8 Å². The summed E-state index contributed by atoms with van der Waals surface area (Å²) in [5.74, 6) is 1.00.